The summed E-state index contributed by atoms with van der Waals surface area (Å²) in [6.07, 6.45) is 15.1. The Hall–Kier alpha value is -0.510. The standard InChI is InChI=1S/C19H33N/c1-3-4-5-6-16-9-12-19(15(2)13-16)18-10-7-17(14-20)8-11-18/h15-19H,3-13H2,1-2H3/t15-,16+,17?,18?,19?/m1/s1. The summed E-state index contributed by atoms with van der Waals surface area (Å²) >= 11 is 0. The highest BCUT2D eigenvalue weighted by Gasteiger charge is 2.34. The fourth-order valence-electron chi connectivity index (χ4n) is 4.85. The van der Waals surface area contributed by atoms with Gasteiger partial charge in [-0.25, -0.2) is 0 Å². The van der Waals surface area contributed by atoms with Gasteiger partial charge in [0.15, 0.2) is 0 Å². The lowest BCUT2D eigenvalue weighted by atomic mass is 9.64. The van der Waals surface area contributed by atoms with E-state index in [1.165, 1.54) is 70.6 Å². The molecule has 0 radical (unpaired) electrons. The molecular formula is C19H33N. The Balaban J connectivity index is 1.74. The molecule has 2 aliphatic rings. The molecule has 3 atom stereocenters. The average molecular weight is 275 g/mol. The quantitative estimate of drug-likeness (QED) is 0.569. The molecule has 2 rings (SSSR count). The molecule has 0 saturated heterocycles. The number of nitrogens with zero attached hydrogens (tertiary/aromatic N) is 1. The Morgan fingerprint density at radius 1 is 1.00 bits per heavy atom. The van der Waals surface area contributed by atoms with Crippen LogP contribution in [0.4, 0.5) is 0 Å². The first-order valence-electron chi connectivity index (χ1n) is 9.14. The van der Waals surface area contributed by atoms with Gasteiger partial charge in [0.25, 0.3) is 0 Å². The minimum absolute atomic E-state index is 0.368. The van der Waals surface area contributed by atoms with Gasteiger partial charge in [0.05, 0.1) is 6.07 Å². The normalized spacial score (nSPS) is 38.4. The third-order valence-corrected chi connectivity index (χ3v) is 6.12. The van der Waals surface area contributed by atoms with Crippen molar-refractivity contribution < 1.29 is 0 Å². The van der Waals surface area contributed by atoms with Crippen molar-refractivity contribution in [3.05, 3.63) is 0 Å². The van der Waals surface area contributed by atoms with E-state index < -0.39 is 0 Å². The Labute approximate surface area is 126 Å². The van der Waals surface area contributed by atoms with Gasteiger partial charge in [0, 0.05) is 5.92 Å². The van der Waals surface area contributed by atoms with Crippen molar-refractivity contribution in [2.24, 2.45) is 29.6 Å². The second-order valence-corrected chi connectivity index (χ2v) is 7.56. The summed E-state index contributed by atoms with van der Waals surface area (Å²) in [7, 11) is 0. The third-order valence-electron chi connectivity index (χ3n) is 6.12. The van der Waals surface area contributed by atoms with Crippen LogP contribution in [0.15, 0.2) is 0 Å². The lowest BCUT2D eigenvalue weighted by Crippen LogP contribution is -2.31. The fraction of sp³-hybridized carbons (Fsp3) is 0.947. The van der Waals surface area contributed by atoms with Gasteiger partial charge >= 0.3 is 0 Å². The number of nitriles is 1. The van der Waals surface area contributed by atoms with Crippen LogP contribution < -0.4 is 0 Å². The van der Waals surface area contributed by atoms with Gasteiger partial charge in [-0.3, -0.25) is 0 Å². The zero-order valence-electron chi connectivity index (χ0n) is 13.6. The molecule has 0 spiro atoms. The predicted octanol–water partition coefficient (Wildman–Crippen LogP) is 5.95. The molecule has 0 aromatic heterocycles. The minimum Gasteiger partial charge on any atom is -0.198 e. The number of hydrogen-bond donors (Lipinski definition) is 0. The van der Waals surface area contributed by atoms with Crippen molar-refractivity contribution in [3.63, 3.8) is 0 Å². The highest BCUT2D eigenvalue weighted by molar-refractivity contribution is 4.91. The van der Waals surface area contributed by atoms with Crippen LogP contribution >= 0.6 is 0 Å². The summed E-state index contributed by atoms with van der Waals surface area (Å²) in [5, 5.41) is 9.03. The predicted molar refractivity (Wildman–Crippen MR) is 85.2 cm³/mol. The molecule has 2 saturated carbocycles. The van der Waals surface area contributed by atoms with Gasteiger partial charge in [-0.1, -0.05) is 46.0 Å². The van der Waals surface area contributed by atoms with Gasteiger partial charge in [-0.2, -0.15) is 5.26 Å². The lowest BCUT2D eigenvalue weighted by Gasteiger charge is -2.41. The van der Waals surface area contributed by atoms with Crippen LogP contribution in [0.5, 0.6) is 0 Å². The van der Waals surface area contributed by atoms with Gasteiger partial charge in [0.1, 0.15) is 0 Å². The van der Waals surface area contributed by atoms with E-state index in [1.54, 1.807) is 0 Å². The SMILES string of the molecule is CCCCC[C@H]1CCC(C2CCC(C#N)CC2)[C@H](C)C1. The zero-order chi connectivity index (χ0) is 14.4. The molecule has 114 valence electrons. The van der Waals surface area contributed by atoms with E-state index in [1.807, 2.05) is 0 Å². The van der Waals surface area contributed by atoms with Crippen molar-refractivity contribution in [3.8, 4) is 6.07 Å². The average Bonchev–Trinajstić information content (AvgIpc) is 2.48. The Morgan fingerprint density at radius 3 is 2.35 bits per heavy atom. The van der Waals surface area contributed by atoms with Crippen molar-refractivity contribution in [1.82, 2.24) is 0 Å². The molecule has 0 N–H and O–H groups in total. The molecule has 1 heteroatoms. The highest BCUT2D eigenvalue weighted by atomic mass is 14.4. The summed E-state index contributed by atoms with van der Waals surface area (Å²) in [4.78, 5) is 0. The van der Waals surface area contributed by atoms with Gasteiger partial charge in [-0.15, -0.1) is 0 Å². The van der Waals surface area contributed by atoms with E-state index in [9.17, 15) is 0 Å². The molecule has 1 unspecified atom stereocenters. The lowest BCUT2D eigenvalue weighted by molar-refractivity contribution is 0.0994. The first-order valence-corrected chi connectivity index (χ1v) is 9.14. The van der Waals surface area contributed by atoms with Crippen LogP contribution in [0.2, 0.25) is 0 Å². The number of unbranched alkanes of at least 4 members (excludes halogenated alkanes) is 2. The van der Waals surface area contributed by atoms with Crippen LogP contribution in [0.1, 0.15) is 84.5 Å². The summed E-state index contributed by atoms with van der Waals surface area (Å²) in [5.74, 6) is 4.22. The second kappa shape index (κ2) is 8.06. The highest BCUT2D eigenvalue weighted by Crippen LogP contribution is 2.45. The molecule has 0 aromatic rings. The largest absolute Gasteiger partial charge is 0.198 e. The number of hydrogen-bond acceptors (Lipinski definition) is 1. The first-order chi connectivity index (χ1) is 9.74. The topological polar surface area (TPSA) is 23.8 Å². The molecule has 2 aliphatic carbocycles. The third kappa shape index (κ3) is 4.24. The van der Waals surface area contributed by atoms with Crippen LogP contribution in [-0.2, 0) is 0 Å². The van der Waals surface area contributed by atoms with Crippen LogP contribution in [0, 0.1) is 40.9 Å². The maximum atomic E-state index is 9.03. The Bertz CT molecular complexity index is 308. The van der Waals surface area contributed by atoms with E-state index in [4.69, 9.17) is 5.26 Å². The molecule has 0 aromatic carbocycles. The molecule has 0 heterocycles. The molecule has 1 nitrogen and oxygen atoms in total. The van der Waals surface area contributed by atoms with Crippen molar-refractivity contribution in [2.75, 3.05) is 0 Å². The smallest absolute Gasteiger partial charge is 0.0655 e. The van der Waals surface area contributed by atoms with E-state index in [-0.39, 0.29) is 0 Å². The minimum atomic E-state index is 0.368. The van der Waals surface area contributed by atoms with Gasteiger partial charge in [0.2, 0.25) is 0 Å². The Morgan fingerprint density at radius 2 is 1.75 bits per heavy atom. The molecule has 0 aliphatic heterocycles. The maximum absolute atomic E-state index is 9.03. The second-order valence-electron chi connectivity index (χ2n) is 7.56. The van der Waals surface area contributed by atoms with E-state index in [0.717, 1.165) is 23.7 Å². The van der Waals surface area contributed by atoms with Crippen molar-refractivity contribution in [1.29, 1.82) is 5.26 Å². The van der Waals surface area contributed by atoms with Crippen molar-refractivity contribution >= 4 is 0 Å². The molecule has 2 fully saturated rings. The van der Waals surface area contributed by atoms with Gasteiger partial charge in [-0.05, 0) is 62.2 Å². The summed E-state index contributed by atoms with van der Waals surface area (Å²) < 4.78 is 0. The van der Waals surface area contributed by atoms with Crippen LogP contribution in [0.25, 0.3) is 0 Å². The van der Waals surface area contributed by atoms with Crippen LogP contribution in [0.3, 0.4) is 0 Å². The van der Waals surface area contributed by atoms with E-state index in [2.05, 4.69) is 19.9 Å². The monoisotopic (exact) mass is 275 g/mol. The fourth-order valence-corrected chi connectivity index (χ4v) is 4.85. The molecule has 0 bridgehead atoms. The maximum Gasteiger partial charge on any atom is 0.0655 e. The summed E-state index contributed by atoms with van der Waals surface area (Å²) in [5.41, 5.74) is 0. The molecule has 0 amide bonds. The van der Waals surface area contributed by atoms with E-state index >= 15 is 0 Å². The summed E-state index contributed by atoms with van der Waals surface area (Å²) in [6, 6.07) is 2.47. The van der Waals surface area contributed by atoms with Gasteiger partial charge < -0.3 is 0 Å². The zero-order valence-corrected chi connectivity index (χ0v) is 13.6. The van der Waals surface area contributed by atoms with Crippen molar-refractivity contribution in [2.45, 2.75) is 84.5 Å². The molecule has 20 heavy (non-hydrogen) atoms. The van der Waals surface area contributed by atoms with E-state index in [0.29, 0.717) is 5.92 Å². The Kier molecular flexibility index (Phi) is 6.40. The number of rotatable bonds is 5. The first kappa shape index (κ1) is 15.9. The molecular weight excluding hydrogens is 242 g/mol. The van der Waals surface area contributed by atoms with Crippen LogP contribution in [-0.4, -0.2) is 0 Å². The summed E-state index contributed by atoms with van der Waals surface area (Å²) in [6.45, 7) is 4.81.